The van der Waals surface area contributed by atoms with E-state index in [1.54, 1.807) is 18.3 Å². The Morgan fingerprint density at radius 2 is 1.89 bits per heavy atom. The van der Waals surface area contributed by atoms with Crippen LogP contribution >= 0.6 is 15.9 Å². The first-order valence-corrected chi connectivity index (χ1v) is 6.29. The van der Waals surface area contributed by atoms with Crippen LogP contribution < -0.4 is 5.32 Å². The molecule has 0 amide bonds. The number of halogens is 1. The van der Waals surface area contributed by atoms with Gasteiger partial charge in [-0.25, -0.2) is 4.98 Å². The van der Waals surface area contributed by atoms with Crippen molar-refractivity contribution in [1.82, 2.24) is 4.98 Å². The smallest absolute Gasteiger partial charge is 0.131 e. The van der Waals surface area contributed by atoms with Gasteiger partial charge in [0.15, 0.2) is 0 Å². The fourth-order valence-corrected chi connectivity index (χ4v) is 2.49. The molecule has 2 rings (SSSR count). The number of aromatic nitrogens is 1. The standard InChI is InChI=1S/C14H12BrN3/c1-9-5-12(15)6-10(2)14(9)18-13-7-11(8-16)3-4-17-13/h3-7H,1-2H3,(H,17,18). The van der Waals surface area contributed by atoms with E-state index >= 15 is 0 Å². The van der Waals surface area contributed by atoms with Crippen molar-refractivity contribution < 1.29 is 0 Å². The molecule has 18 heavy (non-hydrogen) atoms. The second-order valence-electron chi connectivity index (χ2n) is 4.08. The predicted octanol–water partition coefficient (Wildman–Crippen LogP) is 4.08. The van der Waals surface area contributed by atoms with Gasteiger partial charge in [0, 0.05) is 16.4 Å². The van der Waals surface area contributed by atoms with Crippen molar-refractivity contribution in [1.29, 1.82) is 5.26 Å². The first-order chi connectivity index (χ1) is 8.60. The number of nitriles is 1. The second kappa shape index (κ2) is 5.19. The van der Waals surface area contributed by atoms with Crippen molar-refractivity contribution in [3.05, 3.63) is 51.6 Å². The number of pyridine rings is 1. The minimum atomic E-state index is 0.597. The fourth-order valence-electron chi connectivity index (χ4n) is 1.80. The van der Waals surface area contributed by atoms with Gasteiger partial charge in [-0.05, 0) is 49.2 Å². The maximum Gasteiger partial charge on any atom is 0.131 e. The summed E-state index contributed by atoms with van der Waals surface area (Å²) < 4.78 is 1.06. The van der Waals surface area contributed by atoms with Crippen molar-refractivity contribution in [2.24, 2.45) is 0 Å². The van der Waals surface area contributed by atoms with Gasteiger partial charge in [-0.3, -0.25) is 0 Å². The maximum atomic E-state index is 8.86. The van der Waals surface area contributed by atoms with Crippen LogP contribution in [-0.2, 0) is 0 Å². The van der Waals surface area contributed by atoms with E-state index in [1.807, 2.05) is 26.0 Å². The van der Waals surface area contributed by atoms with Gasteiger partial charge in [0.25, 0.3) is 0 Å². The van der Waals surface area contributed by atoms with Crippen molar-refractivity contribution in [3.8, 4) is 6.07 Å². The third-order valence-electron chi connectivity index (χ3n) is 2.64. The van der Waals surface area contributed by atoms with Crippen LogP contribution in [0.5, 0.6) is 0 Å². The maximum absolute atomic E-state index is 8.86. The van der Waals surface area contributed by atoms with E-state index in [0.717, 1.165) is 21.3 Å². The molecular weight excluding hydrogens is 290 g/mol. The van der Waals surface area contributed by atoms with E-state index in [9.17, 15) is 0 Å². The third kappa shape index (κ3) is 2.69. The summed E-state index contributed by atoms with van der Waals surface area (Å²) in [5.41, 5.74) is 3.89. The van der Waals surface area contributed by atoms with Gasteiger partial charge < -0.3 is 5.32 Å². The highest BCUT2D eigenvalue weighted by Crippen LogP contribution is 2.27. The van der Waals surface area contributed by atoms with E-state index < -0.39 is 0 Å². The monoisotopic (exact) mass is 301 g/mol. The van der Waals surface area contributed by atoms with Crippen LogP contribution in [0.4, 0.5) is 11.5 Å². The molecule has 1 N–H and O–H groups in total. The predicted molar refractivity (Wildman–Crippen MR) is 75.9 cm³/mol. The van der Waals surface area contributed by atoms with Gasteiger partial charge in [-0.15, -0.1) is 0 Å². The van der Waals surface area contributed by atoms with Crippen LogP contribution in [0.15, 0.2) is 34.9 Å². The van der Waals surface area contributed by atoms with Crippen LogP contribution in [0.3, 0.4) is 0 Å². The molecule has 1 heterocycles. The van der Waals surface area contributed by atoms with Crippen LogP contribution in [0.25, 0.3) is 0 Å². The number of rotatable bonds is 2. The van der Waals surface area contributed by atoms with E-state index in [2.05, 4.69) is 32.3 Å². The zero-order valence-corrected chi connectivity index (χ0v) is 11.7. The number of anilines is 2. The topological polar surface area (TPSA) is 48.7 Å². The molecule has 2 aromatic rings. The summed E-state index contributed by atoms with van der Waals surface area (Å²) in [6.07, 6.45) is 1.63. The molecule has 0 bridgehead atoms. The zero-order valence-electron chi connectivity index (χ0n) is 10.2. The third-order valence-corrected chi connectivity index (χ3v) is 3.10. The Balaban J connectivity index is 2.37. The van der Waals surface area contributed by atoms with E-state index in [-0.39, 0.29) is 0 Å². The number of hydrogen-bond acceptors (Lipinski definition) is 3. The summed E-state index contributed by atoms with van der Waals surface area (Å²) in [5.74, 6) is 0.683. The Hall–Kier alpha value is -1.86. The summed E-state index contributed by atoms with van der Waals surface area (Å²) >= 11 is 3.47. The summed E-state index contributed by atoms with van der Waals surface area (Å²) in [5, 5.41) is 12.1. The lowest BCUT2D eigenvalue weighted by molar-refractivity contribution is 1.26. The number of benzene rings is 1. The van der Waals surface area contributed by atoms with Gasteiger partial charge in [-0.1, -0.05) is 15.9 Å². The van der Waals surface area contributed by atoms with Gasteiger partial charge >= 0.3 is 0 Å². The number of nitrogens with one attached hydrogen (secondary N) is 1. The number of aryl methyl sites for hydroxylation is 2. The van der Waals surface area contributed by atoms with Gasteiger partial charge in [-0.2, -0.15) is 5.26 Å². The summed E-state index contributed by atoms with van der Waals surface area (Å²) in [6.45, 7) is 4.07. The van der Waals surface area contributed by atoms with E-state index in [1.165, 1.54) is 0 Å². The minimum absolute atomic E-state index is 0.597. The highest BCUT2D eigenvalue weighted by atomic mass is 79.9. The molecule has 90 valence electrons. The first-order valence-electron chi connectivity index (χ1n) is 5.50. The summed E-state index contributed by atoms with van der Waals surface area (Å²) in [7, 11) is 0. The molecule has 1 aromatic heterocycles. The fraction of sp³-hybridized carbons (Fsp3) is 0.143. The van der Waals surface area contributed by atoms with E-state index in [4.69, 9.17) is 5.26 Å². The molecule has 0 aliphatic heterocycles. The Morgan fingerprint density at radius 1 is 1.22 bits per heavy atom. The van der Waals surface area contributed by atoms with Gasteiger partial charge in [0.05, 0.1) is 11.6 Å². The highest BCUT2D eigenvalue weighted by molar-refractivity contribution is 9.10. The lowest BCUT2D eigenvalue weighted by atomic mass is 10.1. The first kappa shape index (κ1) is 12.6. The molecule has 0 radical (unpaired) electrons. The Kier molecular flexibility index (Phi) is 3.63. The summed E-state index contributed by atoms with van der Waals surface area (Å²) in [4.78, 5) is 4.21. The van der Waals surface area contributed by atoms with Crippen LogP contribution in [-0.4, -0.2) is 4.98 Å². The van der Waals surface area contributed by atoms with Crippen molar-refractivity contribution in [3.63, 3.8) is 0 Å². The molecule has 0 saturated heterocycles. The normalized spacial score (nSPS) is 9.89. The van der Waals surface area contributed by atoms with Gasteiger partial charge in [0.2, 0.25) is 0 Å². The quantitative estimate of drug-likeness (QED) is 0.909. The molecular formula is C14H12BrN3. The van der Waals surface area contributed by atoms with Gasteiger partial charge in [0.1, 0.15) is 5.82 Å². The molecule has 0 unspecified atom stereocenters. The molecule has 0 fully saturated rings. The van der Waals surface area contributed by atoms with Crippen molar-refractivity contribution in [2.45, 2.75) is 13.8 Å². The molecule has 0 spiro atoms. The molecule has 3 nitrogen and oxygen atoms in total. The average molecular weight is 302 g/mol. The Labute approximate surface area is 115 Å². The lowest BCUT2D eigenvalue weighted by Crippen LogP contribution is -1.98. The molecule has 0 aliphatic rings. The summed E-state index contributed by atoms with van der Waals surface area (Å²) in [6, 6.07) is 9.62. The van der Waals surface area contributed by atoms with Crippen LogP contribution in [0.1, 0.15) is 16.7 Å². The second-order valence-corrected chi connectivity index (χ2v) is 5.00. The van der Waals surface area contributed by atoms with Crippen LogP contribution in [0.2, 0.25) is 0 Å². The molecule has 0 saturated carbocycles. The zero-order chi connectivity index (χ0) is 13.1. The Morgan fingerprint density at radius 3 is 2.50 bits per heavy atom. The molecule has 0 aliphatic carbocycles. The Bertz CT molecular complexity index is 606. The largest absolute Gasteiger partial charge is 0.340 e. The number of hydrogen-bond donors (Lipinski definition) is 1. The van der Waals surface area contributed by atoms with Crippen LogP contribution in [0, 0.1) is 25.2 Å². The molecule has 4 heteroatoms. The minimum Gasteiger partial charge on any atom is -0.340 e. The molecule has 0 atom stereocenters. The SMILES string of the molecule is Cc1cc(Br)cc(C)c1Nc1cc(C#N)ccn1. The average Bonchev–Trinajstić information content (AvgIpc) is 2.34. The number of nitrogens with zero attached hydrogens (tertiary/aromatic N) is 2. The van der Waals surface area contributed by atoms with Crippen molar-refractivity contribution >= 4 is 27.4 Å². The van der Waals surface area contributed by atoms with E-state index in [0.29, 0.717) is 11.4 Å². The lowest BCUT2D eigenvalue weighted by Gasteiger charge is -2.12. The highest BCUT2D eigenvalue weighted by Gasteiger charge is 2.05. The van der Waals surface area contributed by atoms with Crippen molar-refractivity contribution in [2.75, 3.05) is 5.32 Å². The molecule has 1 aromatic carbocycles.